The minimum atomic E-state index is -0.118. The van der Waals surface area contributed by atoms with E-state index in [0.29, 0.717) is 22.6 Å². The highest BCUT2D eigenvalue weighted by molar-refractivity contribution is 6.14. The Labute approximate surface area is 146 Å². The van der Waals surface area contributed by atoms with Crippen LogP contribution in [0.15, 0.2) is 0 Å². The van der Waals surface area contributed by atoms with E-state index >= 15 is 0 Å². The summed E-state index contributed by atoms with van der Waals surface area (Å²) >= 11 is 0. The van der Waals surface area contributed by atoms with E-state index < -0.39 is 0 Å². The van der Waals surface area contributed by atoms with Gasteiger partial charge in [-0.1, -0.05) is 12.8 Å². The predicted octanol–water partition coefficient (Wildman–Crippen LogP) is 3.26. The summed E-state index contributed by atoms with van der Waals surface area (Å²) in [5.74, 6) is 0.827. The molecule has 1 saturated carbocycles. The first-order valence-corrected chi connectivity index (χ1v) is 8.98. The molecule has 2 bridgehead atoms. The number of carbonyl (C=O) groups excluding carboxylic acids is 3. The summed E-state index contributed by atoms with van der Waals surface area (Å²) in [5, 5.41) is 0. The molecule has 5 heteroatoms. The van der Waals surface area contributed by atoms with E-state index in [-0.39, 0.29) is 48.4 Å². The molecule has 0 N–H and O–H groups in total. The maximum Gasteiger partial charge on any atom is 0.170 e. The zero-order valence-electron chi connectivity index (χ0n) is 14.6. The third-order valence-corrected chi connectivity index (χ3v) is 6.00. The molecule has 0 radical (unpaired) electrons. The summed E-state index contributed by atoms with van der Waals surface area (Å²) in [6.07, 6.45) is 4.42. The van der Waals surface area contributed by atoms with E-state index in [1.54, 1.807) is 7.11 Å². The minimum Gasteiger partial charge on any atom is -0.496 e. The number of ether oxygens (including phenoxy) is 2. The van der Waals surface area contributed by atoms with Crippen molar-refractivity contribution in [1.29, 1.82) is 0 Å². The lowest BCUT2D eigenvalue weighted by atomic mass is 9.65. The number of Topliss-reactive ketones (excluding diaryl/α,β-unsaturated/α-hetero) is 3. The first-order valence-electron chi connectivity index (χ1n) is 8.98. The first-order chi connectivity index (χ1) is 12.1. The van der Waals surface area contributed by atoms with Crippen molar-refractivity contribution >= 4 is 17.3 Å². The Morgan fingerprint density at radius 2 is 1.40 bits per heavy atom. The van der Waals surface area contributed by atoms with Gasteiger partial charge in [0.05, 0.1) is 19.8 Å². The van der Waals surface area contributed by atoms with Crippen molar-refractivity contribution in [3.05, 3.63) is 22.3 Å². The van der Waals surface area contributed by atoms with E-state index in [4.69, 9.17) is 9.47 Å². The van der Waals surface area contributed by atoms with Crippen LogP contribution in [0.25, 0.3) is 0 Å². The Hall–Kier alpha value is -2.17. The molecule has 0 amide bonds. The lowest BCUT2D eigenvalue weighted by Crippen LogP contribution is -2.34. The van der Waals surface area contributed by atoms with Crippen molar-refractivity contribution < 1.29 is 23.9 Å². The monoisotopic (exact) mass is 342 g/mol. The van der Waals surface area contributed by atoms with Gasteiger partial charge in [-0.3, -0.25) is 14.4 Å². The van der Waals surface area contributed by atoms with Crippen LogP contribution in [0.1, 0.15) is 76.3 Å². The fourth-order valence-electron chi connectivity index (χ4n) is 4.96. The van der Waals surface area contributed by atoms with Gasteiger partial charge in [-0.15, -0.1) is 0 Å². The summed E-state index contributed by atoms with van der Waals surface area (Å²) in [5.41, 5.74) is 2.49. The van der Waals surface area contributed by atoms with Gasteiger partial charge in [0.15, 0.2) is 11.6 Å². The van der Waals surface area contributed by atoms with Gasteiger partial charge >= 0.3 is 0 Å². The lowest BCUT2D eigenvalue weighted by molar-refractivity contribution is -0.124. The second kappa shape index (κ2) is 5.97. The third kappa shape index (κ3) is 2.25. The molecular weight excluding hydrogens is 320 g/mol. The van der Waals surface area contributed by atoms with Crippen molar-refractivity contribution in [2.45, 2.75) is 50.9 Å². The molecule has 2 unspecified atom stereocenters. The highest BCUT2D eigenvalue weighted by Gasteiger charge is 2.44. The van der Waals surface area contributed by atoms with Crippen molar-refractivity contribution in [2.75, 3.05) is 14.2 Å². The number of hydrogen-bond acceptors (Lipinski definition) is 5. The largest absolute Gasteiger partial charge is 0.496 e. The first kappa shape index (κ1) is 16.3. The summed E-state index contributed by atoms with van der Waals surface area (Å²) in [6.45, 7) is 0. The van der Waals surface area contributed by atoms with Crippen LogP contribution in [0, 0.1) is 5.92 Å². The van der Waals surface area contributed by atoms with Gasteiger partial charge in [-0.25, -0.2) is 0 Å². The summed E-state index contributed by atoms with van der Waals surface area (Å²) in [4.78, 5) is 38.2. The fourth-order valence-corrected chi connectivity index (χ4v) is 4.96. The van der Waals surface area contributed by atoms with Crippen molar-refractivity contribution in [3.8, 4) is 11.5 Å². The average molecular weight is 342 g/mol. The van der Waals surface area contributed by atoms with Gasteiger partial charge in [0.2, 0.25) is 0 Å². The molecule has 4 rings (SSSR count). The van der Waals surface area contributed by atoms with E-state index in [2.05, 4.69) is 0 Å². The second-order valence-corrected chi connectivity index (χ2v) is 7.20. The smallest absolute Gasteiger partial charge is 0.170 e. The number of fused-ring (bicyclic) bond motifs is 6. The van der Waals surface area contributed by atoms with Crippen LogP contribution in [0.3, 0.4) is 0 Å². The molecule has 0 aromatic heterocycles. The van der Waals surface area contributed by atoms with Gasteiger partial charge in [-0.2, -0.15) is 0 Å². The fraction of sp³-hybridized carbons (Fsp3) is 0.550. The topological polar surface area (TPSA) is 69.7 Å². The van der Waals surface area contributed by atoms with Gasteiger partial charge in [0.25, 0.3) is 0 Å². The van der Waals surface area contributed by atoms with Gasteiger partial charge in [0, 0.05) is 30.7 Å². The van der Waals surface area contributed by atoms with Gasteiger partial charge in [-0.05, 0) is 24.3 Å². The summed E-state index contributed by atoms with van der Waals surface area (Å²) in [7, 11) is 3.02. The van der Waals surface area contributed by atoms with Crippen LogP contribution in [-0.4, -0.2) is 31.6 Å². The molecule has 3 aliphatic rings. The minimum absolute atomic E-state index is 0.0183. The SMILES string of the molecule is COc1c2c3c(c(OC)c1C(=O)CCC2=O)C1CCCCC1C(=O)C3. The van der Waals surface area contributed by atoms with Gasteiger partial charge in [0.1, 0.15) is 22.8 Å². The maximum atomic E-state index is 12.8. The Balaban J connectivity index is 2.08. The molecule has 1 aromatic carbocycles. The average Bonchev–Trinajstić information content (AvgIpc) is 2.72. The quantitative estimate of drug-likeness (QED) is 0.825. The molecule has 0 saturated heterocycles. The number of carbonyl (C=O) groups is 3. The highest BCUT2D eigenvalue weighted by atomic mass is 16.5. The zero-order valence-corrected chi connectivity index (χ0v) is 14.6. The molecule has 0 heterocycles. The molecule has 5 nitrogen and oxygen atoms in total. The summed E-state index contributed by atoms with van der Waals surface area (Å²) < 4.78 is 11.2. The molecule has 132 valence electrons. The zero-order chi connectivity index (χ0) is 17.7. The Kier molecular flexibility index (Phi) is 3.89. The number of ketones is 3. The standard InChI is InChI=1S/C20H22O5/c1-24-19-16-11-6-4-3-5-10(11)15(23)9-12(16)17-13(21)7-8-14(22)18(19)20(17)25-2/h10-11H,3-9H2,1-2H3. The molecular formula is C20H22O5. The van der Waals surface area contributed by atoms with Crippen LogP contribution in [0.4, 0.5) is 0 Å². The van der Waals surface area contributed by atoms with Crippen molar-refractivity contribution in [1.82, 2.24) is 0 Å². The molecule has 1 aromatic rings. The van der Waals surface area contributed by atoms with E-state index in [1.807, 2.05) is 0 Å². The predicted molar refractivity (Wildman–Crippen MR) is 90.9 cm³/mol. The number of benzene rings is 1. The molecule has 0 aliphatic heterocycles. The van der Waals surface area contributed by atoms with E-state index in [1.165, 1.54) is 7.11 Å². The normalized spacial score (nSPS) is 25.1. The van der Waals surface area contributed by atoms with Crippen LogP contribution in [0.2, 0.25) is 0 Å². The second-order valence-electron chi connectivity index (χ2n) is 7.20. The van der Waals surface area contributed by atoms with Crippen molar-refractivity contribution in [2.24, 2.45) is 5.92 Å². The van der Waals surface area contributed by atoms with Crippen LogP contribution >= 0.6 is 0 Å². The number of methoxy groups -OCH3 is 2. The maximum absolute atomic E-state index is 12.8. The number of rotatable bonds is 2. The van der Waals surface area contributed by atoms with Crippen molar-refractivity contribution in [3.63, 3.8) is 0 Å². The van der Waals surface area contributed by atoms with Gasteiger partial charge < -0.3 is 9.47 Å². The Morgan fingerprint density at radius 3 is 2.04 bits per heavy atom. The van der Waals surface area contributed by atoms with Crippen LogP contribution in [-0.2, 0) is 11.2 Å². The Bertz CT molecular complexity index is 792. The molecule has 0 spiro atoms. The molecule has 2 atom stereocenters. The third-order valence-electron chi connectivity index (χ3n) is 6.00. The molecule has 1 fully saturated rings. The van der Waals surface area contributed by atoms with E-state index in [9.17, 15) is 14.4 Å². The Morgan fingerprint density at radius 1 is 0.800 bits per heavy atom. The lowest BCUT2D eigenvalue weighted by Gasteiger charge is -2.38. The molecule has 3 aliphatic carbocycles. The number of hydrogen-bond donors (Lipinski definition) is 0. The highest BCUT2D eigenvalue weighted by Crippen LogP contribution is 2.53. The summed E-state index contributed by atoms with van der Waals surface area (Å²) in [6, 6.07) is 0. The molecule has 25 heavy (non-hydrogen) atoms. The van der Waals surface area contributed by atoms with Crippen LogP contribution in [0.5, 0.6) is 11.5 Å². The van der Waals surface area contributed by atoms with E-state index in [0.717, 1.165) is 36.8 Å². The van der Waals surface area contributed by atoms with Crippen LogP contribution < -0.4 is 9.47 Å².